The van der Waals surface area contributed by atoms with Gasteiger partial charge in [-0.2, -0.15) is 0 Å². The molecule has 1 aromatic carbocycles. The van der Waals surface area contributed by atoms with Crippen LogP contribution in [0, 0.1) is 6.92 Å². The molecule has 0 fully saturated rings. The molecule has 3 heteroatoms. The van der Waals surface area contributed by atoms with E-state index in [-0.39, 0.29) is 0 Å². The largest absolute Gasteiger partial charge is 0.311 e. The van der Waals surface area contributed by atoms with E-state index in [2.05, 4.69) is 57.4 Å². The van der Waals surface area contributed by atoms with Gasteiger partial charge in [0.05, 0.1) is 5.69 Å². The molecule has 2 rings (SSSR count). The highest BCUT2D eigenvalue weighted by molar-refractivity contribution is 9.10. The first-order valence-corrected chi connectivity index (χ1v) is 6.91. The van der Waals surface area contributed by atoms with E-state index in [0.29, 0.717) is 0 Å². The van der Waals surface area contributed by atoms with Crippen LogP contribution >= 0.6 is 15.9 Å². The number of rotatable bonds is 5. The lowest BCUT2D eigenvalue weighted by Crippen LogP contribution is -2.17. The summed E-state index contributed by atoms with van der Waals surface area (Å²) in [4.78, 5) is 4.39. The summed E-state index contributed by atoms with van der Waals surface area (Å²) in [6.07, 6.45) is 1.05. The number of aromatic nitrogens is 1. The Morgan fingerprint density at radius 1 is 1.17 bits per heavy atom. The Morgan fingerprint density at radius 3 is 2.78 bits per heavy atom. The number of pyridine rings is 1. The maximum absolute atomic E-state index is 4.39. The predicted molar refractivity (Wildman–Crippen MR) is 78.5 cm³/mol. The van der Waals surface area contributed by atoms with Crippen molar-refractivity contribution in [2.45, 2.75) is 19.9 Å². The first-order valence-electron chi connectivity index (χ1n) is 6.12. The van der Waals surface area contributed by atoms with E-state index in [1.54, 1.807) is 0 Å². The van der Waals surface area contributed by atoms with Gasteiger partial charge in [-0.1, -0.05) is 35.9 Å². The SMILES string of the molecule is Cc1cccc(CCNCc2cccc(Br)n2)c1. The maximum Gasteiger partial charge on any atom is 0.106 e. The van der Waals surface area contributed by atoms with Gasteiger partial charge in [-0.15, -0.1) is 0 Å². The van der Waals surface area contributed by atoms with Crippen LogP contribution in [0.3, 0.4) is 0 Å². The molecule has 0 aliphatic rings. The topological polar surface area (TPSA) is 24.9 Å². The third kappa shape index (κ3) is 4.24. The van der Waals surface area contributed by atoms with Crippen molar-refractivity contribution >= 4 is 15.9 Å². The molecule has 0 saturated carbocycles. The molecular weight excluding hydrogens is 288 g/mol. The molecule has 94 valence electrons. The number of hydrogen-bond acceptors (Lipinski definition) is 2. The van der Waals surface area contributed by atoms with Crippen molar-refractivity contribution in [2.24, 2.45) is 0 Å². The van der Waals surface area contributed by atoms with Crippen LogP contribution < -0.4 is 5.32 Å². The fourth-order valence-corrected chi connectivity index (χ4v) is 2.25. The number of nitrogens with zero attached hydrogens (tertiary/aromatic N) is 1. The Balaban J connectivity index is 1.76. The van der Waals surface area contributed by atoms with Crippen LogP contribution in [-0.2, 0) is 13.0 Å². The summed E-state index contributed by atoms with van der Waals surface area (Å²) in [5.41, 5.74) is 3.76. The van der Waals surface area contributed by atoms with Crippen molar-refractivity contribution < 1.29 is 0 Å². The van der Waals surface area contributed by atoms with Crippen molar-refractivity contribution in [3.8, 4) is 0 Å². The smallest absolute Gasteiger partial charge is 0.106 e. The van der Waals surface area contributed by atoms with Crippen LogP contribution in [0.2, 0.25) is 0 Å². The van der Waals surface area contributed by atoms with Crippen LogP contribution in [0.4, 0.5) is 0 Å². The third-order valence-corrected chi connectivity index (χ3v) is 3.19. The Morgan fingerprint density at radius 2 is 2.00 bits per heavy atom. The van der Waals surface area contributed by atoms with E-state index in [1.165, 1.54) is 11.1 Å². The zero-order chi connectivity index (χ0) is 12.8. The fourth-order valence-electron chi connectivity index (χ4n) is 1.87. The maximum atomic E-state index is 4.39. The zero-order valence-electron chi connectivity index (χ0n) is 10.5. The molecule has 1 aromatic heterocycles. The van der Waals surface area contributed by atoms with Crippen LogP contribution in [0.15, 0.2) is 47.1 Å². The van der Waals surface area contributed by atoms with Gasteiger partial charge in [-0.3, -0.25) is 0 Å². The molecule has 0 unspecified atom stereocenters. The van der Waals surface area contributed by atoms with Crippen molar-refractivity contribution in [1.82, 2.24) is 10.3 Å². The Bertz CT molecular complexity index is 464. The first-order chi connectivity index (χ1) is 8.74. The van der Waals surface area contributed by atoms with Crippen molar-refractivity contribution in [2.75, 3.05) is 6.54 Å². The zero-order valence-corrected chi connectivity index (χ0v) is 12.1. The van der Waals surface area contributed by atoms with Crippen molar-refractivity contribution in [3.63, 3.8) is 0 Å². The van der Waals surface area contributed by atoms with Crippen molar-refractivity contribution in [3.05, 3.63) is 63.9 Å². The van der Waals surface area contributed by atoms with Crippen LogP contribution in [-0.4, -0.2) is 11.5 Å². The molecular formula is C15H17BrN2. The number of benzene rings is 1. The molecule has 0 amide bonds. The molecule has 0 aliphatic carbocycles. The predicted octanol–water partition coefficient (Wildman–Crippen LogP) is 3.48. The van der Waals surface area contributed by atoms with E-state index in [4.69, 9.17) is 0 Å². The van der Waals surface area contributed by atoms with E-state index >= 15 is 0 Å². The molecule has 2 nitrogen and oxygen atoms in total. The minimum absolute atomic E-state index is 0.811. The van der Waals surface area contributed by atoms with E-state index in [1.807, 2.05) is 18.2 Å². The van der Waals surface area contributed by atoms with Gasteiger partial charge in [0.15, 0.2) is 0 Å². The molecule has 0 radical (unpaired) electrons. The molecule has 0 bridgehead atoms. The van der Waals surface area contributed by atoms with Gasteiger partial charge in [-0.25, -0.2) is 4.98 Å². The summed E-state index contributed by atoms with van der Waals surface area (Å²) >= 11 is 3.38. The lowest BCUT2D eigenvalue weighted by atomic mass is 10.1. The van der Waals surface area contributed by atoms with Gasteiger partial charge in [0.1, 0.15) is 4.60 Å². The lowest BCUT2D eigenvalue weighted by Gasteiger charge is -2.05. The van der Waals surface area contributed by atoms with E-state index in [0.717, 1.165) is 29.8 Å². The normalized spacial score (nSPS) is 10.6. The average Bonchev–Trinajstić information content (AvgIpc) is 2.35. The van der Waals surface area contributed by atoms with Gasteiger partial charge < -0.3 is 5.32 Å². The molecule has 1 N–H and O–H groups in total. The second kappa shape index (κ2) is 6.66. The minimum Gasteiger partial charge on any atom is -0.311 e. The standard InChI is InChI=1S/C15H17BrN2/c1-12-4-2-5-13(10-12)8-9-17-11-14-6-3-7-15(16)18-14/h2-7,10,17H,8-9,11H2,1H3. The highest BCUT2D eigenvalue weighted by atomic mass is 79.9. The lowest BCUT2D eigenvalue weighted by molar-refractivity contribution is 0.673. The Hall–Kier alpha value is -1.19. The van der Waals surface area contributed by atoms with Crippen LogP contribution in [0.5, 0.6) is 0 Å². The highest BCUT2D eigenvalue weighted by Crippen LogP contribution is 2.06. The summed E-state index contributed by atoms with van der Waals surface area (Å²) in [5.74, 6) is 0. The van der Waals surface area contributed by atoms with Gasteiger partial charge in [0, 0.05) is 6.54 Å². The number of halogens is 1. The second-order valence-corrected chi connectivity index (χ2v) is 5.18. The summed E-state index contributed by atoms with van der Waals surface area (Å²) in [6, 6.07) is 14.6. The molecule has 0 saturated heterocycles. The van der Waals surface area contributed by atoms with Gasteiger partial charge >= 0.3 is 0 Å². The Kier molecular flexibility index (Phi) is 4.90. The van der Waals surface area contributed by atoms with Crippen LogP contribution in [0.1, 0.15) is 16.8 Å². The van der Waals surface area contributed by atoms with Gasteiger partial charge in [-0.05, 0) is 53.5 Å². The van der Waals surface area contributed by atoms with E-state index < -0.39 is 0 Å². The molecule has 0 spiro atoms. The van der Waals surface area contributed by atoms with Gasteiger partial charge in [0.25, 0.3) is 0 Å². The number of aryl methyl sites for hydroxylation is 1. The summed E-state index contributed by atoms with van der Waals surface area (Å²) in [5, 5.41) is 3.41. The highest BCUT2D eigenvalue weighted by Gasteiger charge is 1.96. The number of nitrogens with one attached hydrogen (secondary N) is 1. The quantitative estimate of drug-likeness (QED) is 0.676. The molecule has 0 atom stereocenters. The van der Waals surface area contributed by atoms with Crippen LogP contribution in [0.25, 0.3) is 0 Å². The summed E-state index contributed by atoms with van der Waals surface area (Å²) in [7, 11) is 0. The molecule has 1 heterocycles. The van der Waals surface area contributed by atoms with Gasteiger partial charge in [0.2, 0.25) is 0 Å². The fraction of sp³-hybridized carbons (Fsp3) is 0.267. The third-order valence-electron chi connectivity index (χ3n) is 2.75. The Labute approximate surface area is 117 Å². The molecule has 0 aliphatic heterocycles. The number of hydrogen-bond donors (Lipinski definition) is 1. The van der Waals surface area contributed by atoms with Crippen molar-refractivity contribution in [1.29, 1.82) is 0 Å². The monoisotopic (exact) mass is 304 g/mol. The van der Waals surface area contributed by atoms with E-state index in [9.17, 15) is 0 Å². The molecule has 2 aromatic rings. The summed E-state index contributed by atoms with van der Waals surface area (Å²) < 4.78 is 0.889. The summed E-state index contributed by atoms with van der Waals surface area (Å²) in [6.45, 7) is 3.91. The second-order valence-electron chi connectivity index (χ2n) is 4.37. The molecule has 18 heavy (non-hydrogen) atoms. The average molecular weight is 305 g/mol. The minimum atomic E-state index is 0.811. The first kappa shape index (κ1) is 13.2.